The van der Waals surface area contributed by atoms with Gasteiger partial charge in [0, 0.05) is 32.3 Å². The Bertz CT molecular complexity index is 440. The van der Waals surface area contributed by atoms with E-state index in [-0.39, 0.29) is 0 Å². The average molecular weight is 293 g/mol. The van der Waals surface area contributed by atoms with Crippen molar-refractivity contribution in [1.29, 1.82) is 0 Å². The van der Waals surface area contributed by atoms with Gasteiger partial charge in [0.1, 0.15) is 18.2 Å². The van der Waals surface area contributed by atoms with Crippen LogP contribution in [0.5, 0.6) is 0 Å². The molecule has 1 saturated heterocycles. The Morgan fingerprint density at radius 2 is 2.10 bits per heavy atom. The summed E-state index contributed by atoms with van der Waals surface area (Å²) in [6.45, 7) is 5.59. The molecule has 2 heterocycles. The van der Waals surface area contributed by atoms with Gasteiger partial charge in [-0.1, -0.05) is 6.92 Å². The molecule has 2 N–H and O–H groups in total. The summed E-state index contributed by atoms with van der Waals surface area (Å²) in [5.41, 5.74) is 0. The van der Waals surface area contributed by atoms with E-state index in [9.17, 15) is 0 Å². The third-order valence-electron chi connectivity index (χ3n) is 3.79. The second kappa shape index (κ2) is 8.14. The van der Waals surface area contributed by atoms with E-state index in [4.69, 9.17) is 4.74 Å². The van der Waals surface area contributed by atoms with Crippen molar-refractivity contribution in [3.05, 3.63) is 11.9 Å². The molecule has 1 unspecified atom stereocenters. The van der Waals surface area contributed by atoms with Gasteiger partial charge in [0.05, 0.1) is 0 Å². The minimum absolute atomic E-state index is 0.430. The number of hydrogen-bond donors (Lipinski definition) is 2. The predicted molar refractivity (Wildman–Crippen MR) is 85.7 cm³/mol. The van der Waals surface area contributed by atoms with Gasteiger partial charge in [-0.25, -0.2) is 9.97 Å². The van der Waals surface area contributed by atoms with Gasteiger partial charge in [-0.05, 0) is 32.9 Å². The SMILES string of the molecule is CCCNc1cc(NCC2CCCN2C)nc(COC)n1. The molecule has 118 valence electrons. The Balaban J connectivity index is 2.00. The Labute approximate surface area is 127 Å². The standard InChI is InChI=1S/C15H27N5O/c1-4-7-16-13-9-14(19-15(18-13)11-21-3)17-10-12-6-5-8-20(12)2/h9,12H,4-8,10-11H2,1-3H3,(H2,16,17,18,19). The van der Waals surface area contributed by atoms with Crippen molar-refractivity contribution in [1.82, 2.24) is 14.9 Å². The zero-order valence-corrected chi connectivity index (χ0v) is 13.4. The highest BCUT2D eigenvalue weighted by molar-refractivity contribution is 5.47. The van der Waals surface area contributed by atoms with Crippen molar-refractivity contribution in [3.8, 4) is 0 Å². The first-order valence-electron chi connectivity index (χ1n) is 7.77. The fraction of sp³-hybridized carbons (Fsp3) is 0.733. The van der Waals surface area contributed by atoms with Crippen LogP contribution in [-0.2, 0) is 11.3 Å². The molecular formula is C15H27N5O. The van der Waals surface area contributed by atoms with Gasteiger partial charge in [-0.2, -0.15) is 0 Å². The summed E-state index contributed by atoms with van der Waals surface area (Å²) in [6, 6.07) is 2.57. The molecule has 6 heteroatoms. The van der Waals surface area contributed by atoms with Crippen LogP contribution in [0, 0.1) is 0 Å². The van der Waals surface area contributed by atoms with E-state index in [0.29, 0.717) is 18.5 Å². The maximum Gasteiger partial charge on any atom is 0.158 e. The summed E-state index contributed by atoms with van der Waals surface area (Å²) in [7, 11) is 3.85. The monoisotopic (exact) mass is 293 g/mol. The van der Waals surface area contributed by atoms with E-state index in [2.05, 4.69) is 39.5 Å². The number of likely N-dealkylation sites (tertiary alicyclic amines) is 1. The maximum atomic E-state index is 5.15. The number of nitrogens with one attached hydrogen (secondary N) is 2. The Morgan fingerprint density at radius 1 is 1.33 bits per heavy atom. The molecule has 1 aromatic rings. The molecule has 0 radical (unpaired) electrons. The molecular weight excluding hydrogens is 266 g/mol. The fourth-order valence-electron chi connectivity index (χ4n) is 2.58. The molecule has 0 amide bonds. The van der Waals surface area contributed by atoms with Gasteiger partial charge in [0.2, 0.25) is 0 Å². The third-order valence-corrected chi connectivity index (χ3v) is 3.79. The summed E-state index contributed by atoms with van der Waals surface area (Å²) in [4.78, 5) is 11.4. The number of nitrogens with zero attached hydrogens (tertiary/aromatic N) is 3. The quantitative estimate of drug-likeness (QED) is 0.764. The Hall–Kier alpha value is -1.40. The second-order valence-corrected chi connectivity index (χ2v) is 5.57. The van der Waals surface area contributed by atoms with Gasteiger partial charge < -0.3 is 20.3 Å². The fourth-order valence-corrected chi connectivity index (χ4v) is 2.58. The number of aromatic nitrogens is 2. The van der Waals surface area contributed by atoms with E-state index in [1.54, 1.807) is 7.11 Å². The van der Waals surface area contributed by atoms with Crippen LogP contribution in [0.2, 0.25) is 0 Å². The molecule has 0 aromatic carbocycles. The van der Waals surface area contributed by atoms with Crippen LogP contribution in [-0.4, -0.2) is 54.7 Å². The molecule has 1 aromatic heterocycles. The van der Waals surface area contributed by atoms with Crippen LogP contribution in [0.1, 0.15) is 32.0 Å². The molecule has 1 aliphatic heterocycles. The summed E-state index contributed by atoms with van der Waals surface area (Å²) in [6.07, 6.45) is 3.60. The van der Waals surface area contributed by atoms with Crippen molar-refractivity contribution < 1.29 is 4.74 Å². The van der Waals surface area contributed by atoms with Gasteiger partial charge in [-0.3, -0.25) is 0 Å². The lowest BCUT2D eigenvalue weighted by molar-refractivity contribution is 0.178. The largest absolute Gasteiger partial charge is 0.377 e. The lowest BCUT2D eigenvalue weighted by Gasteiger charge is -2.20. The molecule has 1 fully saturated rings. The zero-order valence-electron chi connectivity index (χ0n) is 13.4. The number of likely N-dealkylation sites (N-methyl/N-ethyl adjacent to an activating group) is 1. The van der Waals surface area contributed by atoms with E-state index >= 15 is 0 Å². The highest BCUT2D eigenvalue weighted by Gasteiger charge is 2.20. The molecule has 6 nitrogen and oxygen atoms in total. The molecule has 2 rings (SSSR count). The summed E-state index contributed by atoms with van der Waals surface area (Å²) in [5, 5.41) is 6.76. The third kappa shape index (κ3) is 4.82. The lowest BCUT2D eigenvalue weighted by atomic mass is 10.2. The van der Waals surface area contributed by atoms with Crippen molar-refractivity contribution in [2.45, 2.75) is 38.8 Å². The van der Waals surface area contributed by atoms with Gasteiger partial charge in [0.15, 0.2) is 5.82 Å². The maximum absolute atomic E-state index is 5.15. The Kier molecular flexibility index (Phi) is 6.20. The zero-order chi connectivity index (χ0) is 15.1. The van der Waals surface area contributed by atoms with Crippen LogP contribution in [0.15, 0.2) is 6.07 Å². The average Bonchev–Trinajstić information content (AvgIpc) is 2.88. The molecule has 0 spiro atoms. The summed E-state index contributed by atoms with van der Waals surface area (Å²) >= 11 is 0. The predicted octanol–water partition coefficient (Wildman–Crippen LogP) is 1.95. The molecule has 0 saturated carbocycles. The highest BCUT2D eigenvalue weighted by Crippen LogP contribution is 2.17. The van der Waals surface area contributed by atoms with Gasteiger partial charge in [-0.15, -0.1) is 0 Å². The lowest BCUT2D eigenvalue weighted by Crippen LogP contribution is -2.31. The first kappa shape index (κ1) is 16.0. The minimum atomic E-state index is 0.430. The first-order chi connectivity index (χ1) is 10.2. The van der Waals surface area contributed by atoms with E-state index in [1.165, 1.54) is 19.4 Å². The van der Waals surface area contributed by atoms with E-state index < -0.39 is 0 Å². The minimum Gasteiger partial charge on any atom is -0.377 e. The summed E-state index contributed by atoms with van der Waals surface area (Å²) < 4.78 is 5.15. The molecule has 0 aliphatic carbocycles. The van der Waals surface area contributed by atoms with Gasteiger partial charge in [0.25, 0.3) is 0 Å². The number of methoxy groups -OCH3 is 1. The van der Waals surface area contributed by atoms with Crippen LogP contribution >= 0.6 is 0 Å². The molecule has 21 heavy (non-hydrogen) atoms. The van der Waals surface area contributed by atoms with E-state index in [0.717, 1.165) is 31.1 Å². The second-order valence-electron chi connectivity index (χ2n) is 5.57. The molecule has 1 atom stereocenters. The van der Waals surface area contributed by atoms with Crippen LogP contribution < -0.4 is 10.6 Å². The van der Waals surface area contributed by atoms with Crippen molar-refractivity contribution in [3.63, 3.8) is 0 Å². The number of hydrogen-bond acceptors (Lipinski definition) is 6. The van der Waals surface area contributed by atoms with Crippen molar-refractivity contribution in [2.24, 2.45) is 0 Å². The van der Waals surface area contributed by atoms with E-state index in [1.807, 2.05) is 6.07 Å². The van der Waals surface area contributed by atoms with Crippen LogP contribution in [0.25, 0.3) is 0 Å². The number of anilines is 2. The molecule has 0 bridgehead atoms. The van der Waals surface area contributed by atoms with Crippen molar-refractivity contribution in [2.75, 3.05) is 44.4 Å². The highest BCUT2D eigenvalue weighted by atomic mass is 16.5. The topological polar surface area (TPSA) is 62.3 Å². The van der Waals surface area contributed by atoms with Crippen LogP contribution in [0.3, 0.4) is 0 Å². The summed E-state index contributed by atoms with van der Waals surface area (Å²) in [5.74, 6) is 2.44. The first-order valence-corrected chi connectivity index (χ1v) is 7.77. The van der Waals surface area contributed by atoms with Gasteiger partial charge >= 0.3 is 0 Å². The van der Waals surface area contributed by atoms with Crippen LogP contribution in [0.4, 0.5) is 11.6 Å². The normalized spacial score (nSPS) is 18.9. The number of ether oxygens (including phenoxy) is 1. The smallest absolute Gasteiger partial charge is 0.158 e. The molecule has 1 aliphatic rings. The number of rotatable bonds is 8. The van der Waals surface area contributed by atoms with Crippen molar-refractivity contribution >= 4 is 11.6 Å². The Morgan fingerprint density at radius 3 is 2.71 bits per heavy atom.